The van der Waals surface area contributed by atoms with Crippen LogP contribution in [0.1, 0.15) is 70.7 Å². The number of fused-ring (bicyclic) bond motifs is 5. The number of hydrogen-bond acceptors (Lipinski definition) is 16. The summed E-state index contributed by atoms with van der Waals surface area (Å²) in [5, 5.41) is 66.2. The molecule has 19 heteroatoms. The number of ether oxygens (including phenoxy) is 7. The van der Waals surface area contributed by atoms with Gasteiger partial charge in [0, 0.05) is 53.5 Å². The molecule has 0 radical (unpaired) electrons. The quantitative estimate of drug-likeness (QED) is 0.0393. The number of nitrogens with two attached hydrogens (primary N) is 2. The maximum atomic E-state index is 12.5. The topological polar surface area (TPSA) is 293 Å². The number of aromatic amines is 1. The molecule has 10 atom stereocenters. The first-order valence-corrected chi connectivity index (χ1v) is 21.6. The molecular weight excluding hydrogens is 861 g/mol. The van der Waals surface area contributed by atoms with Crippen LogP contribution in [0.15, 0.2) is 67.0 Å². The van der Waals surface area contributed by atoms with Crippen LogP contribution in [0.3, 0.4) is 0 Å². The van der Waals surface area contributed by atoms with Crippen LogP contribution in [0, 0.1) is 11.8 Å². The van der Waals surface area contributed by atoms with Crippen molar-refractivity contribution in [2.24, 2.45) is 11.5 Å². The molecule has 1 fully saturated rings. The summed E-state index contributed by atoms with van der Waals surface area (Å²) in [5.74, 6) is 4.51. The number of aliphatic hydroxyl groups is 5. The van der Waals surface area contributed by atoms with Crippen LogP contribution in [0.4, 0.5) is 0 Å². The van der Waals surface area contributed by atoms with Gasteiger partial charge >= 0.3 is 11.9 Å². The molecule has 1 saturated heterocycles. The Morgan fingerprint density at radius 3 is 2.61 bits per heavy atom. The molecule has 0 amide bonds. The lowest BCUT2D eigenvalue weighted by Gasteiger charge is -2.48. The van der Waals surface area contributed by atoms with Crippen molar-refractivity contribution in [2.45, 2.75) is 105 Å². The first-order chi connectivity index (χ1) is 31.9. The second-order valence-electron chi connectivity index (χ2n) is 17.0. The van der Waals surface area contributed by atoms with E-state index in [1.807, 2.05) is 53.2 Å². The highest BCUT2D eigenvalue weighted by molar-refractivity contribution is 5.90. The SMILES string of the molecule is NC(N)[C@H](OC(=O)CC(=O)O)[C@H]1O[C@H]2Oc3cc4c(c(Cn5cc6cc[nH]c6c5CO)c3CC[C@@]2(O)[C@@H](O)[C@@H]1O)[C@@H]1Oc2c3ccc(OCO)c2OCCC#C[C@@H](c2ccccc2)[C@@H](O4)[C@@H]31. The molecule has 10 rings (SSSR count). The molecule has 0 unspecified atom stereocenters. The van der Waals surface area contributed by atoms with Gasteiger partial charge in [-0.05, 0) is 36.1 Å². The zero-order chi connectivity index (χ0) is 46.0. The van der Waals surface area contributed by atoms with Crippen LogP contribution in [-0.4, -0.2) is 114 Å². The summed E-state index contributed by atoms with van der Waals surface area (Å²) >= 11 is 0. The molecule has 0 saturated carbocycles. The Hall–Kier alpha value is -6.34. The molecule has 2 aromatic heterocycles. The lowest BCUT2D eigenvalue weighted by Crippen LogP contribution is -2.71. The third-order valence-electron chi connectivity index (χ3n) is 13.2. The summed E-state index contributed by atoms with van der Waals surface area (Å²) in [7, 11) is 0. The first kappa shape index (κ1) is 43.5. The summed E-state index contributed by atoms with van der Waals surface area (Å²) in [6.07, 6.45) is -9.24. The number of aliphatic carboxylic acids is 1. The average molecular weight is 909 g/mol. The van der Waals surface area contributed by atoms with Crippen molar-refractivity contribution in [3.05, 3.63) is 101 Å². The van der Waals surface area contributed by atoms with E-state index < -0.39 is 91.7 Å². The number of aliphatic hydroxyl groups excluding tert-OH is 4. The number of nitrogens with one attached hydrogen (secondary N) is 1. The Balaban J connectivity index is 1.15. The fourth-order valence-corrected chi connectivity index (χ4v) is 10.2. The third-order valence-corrected chi connectivity index (χ3v) is 13.2. The van der Waals surface area contributed by atoms with Gasteiger partial charge in [-0.25, -0.2) is 0 Å². The molecular formula is C47H48N4O15. The van der Waals surface area contributed by atoms with Crippen LogP contribution >= 0.6 is 0 Å². The number of carboxylic acid groups (broad SMARTS) is 1. The van der Waals surface area contributed by atoms with Gasteiger partial charge in [0.05, 0.1) is 42.4 Å². The molecule has 4 bridgehead atoms. The van der Waals surface area contributed by atoms with E-state index in [1.165, 1.54) is 0 Å². The number of carbonyl (C=O) groups excluding carboxylic acids is 1. The van der Waals surface area contributed by atoms with Gasteiger partial charge in [-0.3, -0.25) is 9.59 Å². The number of nitrogens with zero attached hydrogens (tertiary/aromatic N) is 1. The first-order valence-electron chi connectivity index (χ1n) is 21.6. The van der Waals surface area contributed by atoms with E-state index in [1.54, 1.807) is 18.3 Å². The predicted molar refractivity (Wildman–Crippen MR) is 228 cm³/mol. The fourth-order valence-electron chi connectivity index (χ4n) is 10.2. The Morgan fingerprint density at radius 2 is 1.85 bits per heavy atom. The standard InChI is InChI=1S/C47H48N4O15/c48-45(49)43(64-33(56)17-32(54)55)42-37(57)44(58)47(59)13-11-25-27(19-51-18-23-12-14-50-36(23)28(51)20-52)34-31(16-30(25)63-46(47)66-42)62-38-24(22-6-2-1-3-7-22)8-4-5-15-60-40-29(61-21-53)10-9-26-35(38)41(34)65-39(26)40/h1-3,6-7,9-10,12,14,16,18,24,35,37-38,41-46,50,52-53,57-59H,5,11,13,15,17,19-21,48-49H2,(H,54,55)/t24-,35+,37+,38+,41-,42-,43+,44-,46+,47+/m0/s1. The highest BCUT2D eigenvalue weighted by atomic mass is 16.7. The van der Waals surface area contributed by atoms with Crippen molar-refractivity contribution in [3.63, 3.8) is 0 Å². The molecule has 7 heterocycles. The molecule has 3 aromatic carbocycles. The van der Waals surface area contributed by atoms with E-state index in [9.17, 15) is 40.2 Å². The Morgan fingerprint density at radius 1 is 1.03 bits per heavy atom. The molecule has 11 N–H and O–H groups in total. The van der Waals surface area contributed by atoms with Gasteiger partial charge in [-0.15, -0.1) is 0 Å². The molecule has 19 nitrogen and oxygen atoms in total. The van der Waals surface area contributed by atoms with Crippen molar-refractivity contribution in [1.82, 2.24) is 9.55 Å². The van der Waals surface area contributed by atoms with Crippen molar-refractivity contribution in [1.29, 1.82) is 0 Å². The summed E-state index contributed by atoms with van der Waals surface area (Å²) in [6, 6.07) is 16.9. The van der Waals surface area contributed by atoms with Gasteiger partial charge in [0.1, 0.15) is 48.4 Å². The second-order valence-corrected chi connectivity index (χ2v) is 17.0. The van der Waals surface area contributed by atoms with Crippen LogP contribution < -0.4 is 35.2 Å². The normalized spacial score (nSPS) is 27.5. The molecule has 66 heavy (non-hydrogen) atoms. The second kappa shape index (κ2) is 17.1. The number of H-pyrrole nitrogens is 1. The summed E-state index contributed by atoms with van der Waals surface area (Å²) in [6.45, 7) is -0.612. The van der Waals surface area contributed by atoms with Gasteiger partial charge in [-0.2, -0.15) is 0 Å². The van der Waals surface area contributed by atoms with E-state index in [0.29, 0.717) is 46.1 Å². The van der Waals surface area contributed by atoms with Crippen molar-refractivity contribution in [3.8, 4) is 40.6 Å². The number of rotatable bonds is 11. The van der Waals surface area contributed by atoms with Crippen LogP contribution in [-0.2, 0) is 38.6 Å². The minimum absolute atomic E-state index is 0.0402. The van der Waals surface area contributed by atoms with Crippen LogP contribution in [0.5, 0.6) is 28.7 Å². The highest BCUT2D eigenvalue weighted by Crippen LogP contribution is 2.62. The van der Waals surface area contributed by atoms with Gasteiger partial charge < -0.3 is 84.8 Å². The molecule has 5 aliphatic heterocycles. The Labute approximate surface area is 376 Å². The molecule has 0 aliphatic carbocycles. The lowest BCUT2D eigenvalue weighted by atomic mass is 9.75. The van der Waals surface area contributed by atoms with E-state index >= 15 is 0 Å². The Kier molecular flexibility index (Phi) is 11.3. The maximum Gasteiger partial charge on any atom is 0.317 e. The van der Waals surface area contributed by atoms with E-state index in [2.05, 4.69) is 16.8 Å². The number of aromatic nitrogens is 2. The molecule has 346 valence electrons. The van der Waals surface area contributed by atoms with E-state index in [4.69, 9.17) is 44.6 Å². The molecule has 5 aliphatic rings. The van der Waals surface area contributed by atoms with Gasteiger partial charge in [0.2, 0.25) is 12.0 Å². The minimum Gasteiger partial charge on any atom is -0.487 e. The number of carboxylic acids is 1. The number of carbonyl (C=O) groups is 2. The Bertz CT molecular complexity index is 2740. The van der Waals surface area contributed by atoms with Gasteiger partial charge in [0.15, 0.2) is 30.0 Å². The largest absolute Gasteiger partial charge is 0.487 e. The zero-order valence-electron chi connectivity index (χ0n) is 35.2. The summed E-state index contributed by atoms with van der Waals surface area (Å²) < 4.78 is 46.3. The van der Waals surface area contributed by atoms with Crippen molar-refractivity contribution in [2.75, 3.05) is 13.4 Å². The molecule has 0 spiro atoms. The van der Waals surface area contributed by atoms with Gasteiger partial charge in [-0.1, -0.05) is 48.2 Å². The molecule has 5 aromatic rings. The van der Waals surface area contributed by atoms with E-state index in [0.717, 1.165) is 22.0 Å². The van der Waals surface area contributed by atoms with Crippen LogP contribution in [0.25, 0.3) is 10.9 Å². The van der Waals surface area contributed by atoms with Gasteiger partial charge in [0.25, 0.3) is 0 Å². The highest BCUT2D eigenvalue weighted by Gasteiger charge is 2.60. The third kappa shape index (κ3) is 7.26. The predicted octanol–water partition coefficient (Wildman–Crippen LogP) is 1.52. The maximum absolute atomic E-state index is 12.5. The monoisotopic (exact) mass is 908 g/mol. The van der Waals surface area contributed by atoms with Crippen molar-refractivity contribution < 1.29 is 73.4 Å². The van der Waals surface area contributed by atoms with Crippen molar-refractivity contribution >= 4 is 22.8 Å². The number of hydrogen-bond donors (Lipinski definition) is 9. The number of benzene rings is 3. The summed E-state index contributed by atoms with van der Waals surface area (Å²) in [5.41, 5.74) is 14.5. The number of esters is 1. The fraction of sp³-hybridized carbons (Fsp3) is 0.404. The smallest absolute Gasteiger partial charge is 0.317 e. The van der Waals surface area contributed by atoms with E-state index in [-0.39, 0.29) is 44.1 Å². The summed E-state index contributed by atoms with van der Waals surface area (Å²) in [4.78, 5) is 27.1. The average Bonchev–Trinajstić information content (AvgIpc) is 3.97. The lowest BCUT2D eigenvalue weighted by molar-refractivity contribution is -0.329. The van der Waals surface area contributed by atoms with Crippen LogP contribution in [0.2, 0.25) is 0 Å². The minimum atomic E-state index is -2.29. The zero-order valence-corrected chi connectivity index (χ0v) is 35.2.